The van der Waals surface area contributed by atoms with E-state index < -0.39 is 6.10 Å². The van der Waals surface area contributed by atoms with Crippen molar-refractivity contribution in [1.29, 1.82) is 0 Å². The summed E-state index contributed by atoms with van der Waals surface area (Å²) in [6.07, 6.45) is 0.129. The molecule has 2 atom stereocenters. The lowest BCUT2D eigenvalue weighted by molar-refractivity contribution is -0.128. The van der Waals surface area contributed by atoms with E-state index in [2.05, 4.69) is 31.2 Å². The normalized spacial score (nSPS) is 13.4. The summed E-state index contributed by atoms with van der Waals surface area (Å²) >= 11 is 0. The van der Waals surface area contributed by atoms with Gasteiger partial charge in [0.05, 0.1) is 11.7 Å². The van der Waals surface area contributed by atoms with E-state index in [9.17, 15) is 4.79 Å². The zero-order valence-electron chi connectivity index (χ0n) is 16.1. The average molecular weight is 343 g/mol. The Labute approximate surface area is 150 Å². The van der Waals surface area contributed by atoms with Crippen LogP contribution in [0.2, 0.25) is 0 Å². The number of aryl methyl sites for hydroxylation is 2. The highest BCUT2D eigenvalue weighted by Gasteiger charge is 2.20. The van der Waals surface area contributed by atoms with E-state index in [1.807, 2.05) is 49.7 Å². The van der Waals surface area contributed by atoms with Gasteiger partial charge in [0.25, 0.3) is 5.91 Å². The van der Waals surface area contributed by atoms with Gasteiger partial charge in [-0.15, -0.1) is 0 Å². The number of hydrogen-bond donors (Lipinski definition) is 1. The van der Waals surface area contributed by atoms with Gasteiger partial charge < -0.3 is 10.1 Å². The number of amides is 1. The quantitative estimate of drug-likeness (QED) is 0.835. The van der Waals surface area contributed by atoms with Crippen molar-refractivity contribution in [2.45, 2.75) is 60.1 Å². The Morgan fingerprint density at radius 2 is 1.84 bits per heavy atom. The van der Waals surface area contributed by atoms with Crippen LogP contribution in [0.15, 0.2) is 24.3 Å². The van der Waals surface area contributed by atoms with Crippen LogP contribution < -0.4 is 10.1 Å². The summed E-state index contributed by atoms with van der Waals surface area (Å²) in [7, 11) is 0. The van der Waals surface area contributed by atoms with Crippen molar-refractivity contribution in [3.05, 3.63) is 46.8 Å². The monoisotopic (exact) mass is 343 g/mol. The molecule has 0 radical (unpaired) electrons. The number of aromatic nitrogens is 2. The number of nitrogens with zero attached hydrogens (tertiary/aromatic N) is 2. The van der Waals surface area contributed by atoms with Gasteiger partial charge >= 0.3 is 0 Å². The van der Waals surface area contributed by atoms with E-state index >= 15 is 0 Å². The lowest BCUT2D eigenvalue weighted by atomic mass is 10.2. The Balaban J connectivity index is 1.94. The summed E-state index contributed by atoms with van der Waals surface area (Å²) in [6.45, 7) is 12.7. The van der Waals surface area contributed by atoms with Gasteiger partial charge in [0.2, 0.25) is 0 Å². The van der Waals surface area contributed by atoms with Crippen LogP contribution in [-0.2, 0) is 4.79 Å². The third-order valence-electron chi connectivity index (χ3n) is 4.64. The molecule has 0 aliphatic heterocycles. The summed E-state index contributed by atoms with van der Waals surface area (Å²) < 4.78 is 7.81. The van der Waals surface area contributed by atoms with Gasteiger partial charge in [-0.25, -0.2) is 0 Å². The summed E-state index contributed by atoms with van der Waals surface area (Å²) in [6, 6.07) is 7.84. The van der Waals surface area contributed by atoms with Crippen LogP contribution in [0, 0.1) is 27.7 Å². The number of ether oxygens (including phenoxy) is 1. The molecule has 0 aliphatic carbocycles. The van der Waals surface area contributed by atoms with E-state index in [1.165, 1.54) is 11.1 Å². The molecule has 0 aliphatic rings. The Kier molecular flexibility index (Phi) is 6.23. The van der Waals surface area contributed by atoms with Gasteiger partial charge in [-0.05, 0) is 58.7 Å². The summed E-state index contributed by atoms with van der Waals surface area (Å²) in [5.74, 6) is 0.628. The zero-order chi connectivity index (χ0) is 18.6. The number of carbonyl (C=O) groups excluding carboxylic acids is 1. The van der Waals surface area contributed by atoms with Gasteiger partial charge in [-0.2, -0.15) is 5.10 Å². The highest BCUT2D eigenvalue weighted by atomic mass is 16.5. The molecule has 1 aromatic carbocycles. The summed E-state index contributed by atoms with van der Waals surface area (Å²) in [5.41, 5.74) is 4.54. The van der Waals surface area contributed by atoms with Crippen molar-refractivity contribution < 1.29 is 9.53 Å². The molecule has 0 spiro atoms. The fraction of sp³-hybridized carbons (Fsp3) is 0.500. The minimum Gasteiger partial charge on any atom is -0.481 e. The summed E-state index contributed by atoms with van der Waals surface area (Å²) in [4.78, 5) is 12.5. The molecule has 1 N–H and O–H groups in total. The molecule has 0 fully saturated rings. The number of rotatable bonds is 7. The molecule has 2 rings (SSSR count). The second kappa shape index (κ2) is 8.19. The van der Waals surface area contributed by atoms with Gasteiger partial charge in [-0.1, -0.05) is 24.6 Å². The maximum atomic E-state index is 12.5. The molecule has 25 heavy (non-hydrogen) atoms. The van der Waals surface area contributed by atoms with Crippen LogP contribution in [0.3, 0.4) is 0 Å². The van der Waals surface area contributed by atoms with Crippen LogP contribution in [0.1, 0.15) is 48.8 Å². The maximum Gasteiger partial charge on any atom is 0.261 e. The van der Waals surface area contributed by atoms with E-state index in [0.717, 1.165) is 17.1 Å². The van der Waals surface area contributed by atoms with Crippen molar-refractivity contribution in [3.8, 4) is 5.75 Å². The summed E-state index contributed by atoms with van der Waals surface area (Å²) in [5, 5.41) is 7.56. The maximum absolute atomic E-state index is 12.5. The largest absolute Gasteiger partial charge is 0.481 e. The van der Waals surface area contributed by atoms with Crippen molar-refractivity contribution in [2.75, 3.05) is 6.54 Å². The fourth-order valence-electron chi connectivity index (χ4n) is 2.73. The lowest BCUT2D eigenvalue weighted by Crippen LogP contribution is -2.40. The zero-order valence-corrected chi connectivity index (χ0v) is 16.1. The van der Waals surface area contributed by atoms with Crippen LogP contribution in [0.4, 0.5) is 0 Å². The Morgan fingerprint density at radius 1 is 1.20 bits per heavy atom. The van der Waals surface area contributed by atoms with E-state index in [0.29, 0.717) is 13.0 Å². The average Bonchev–Trinajstić information content (AvgIpc) is 2.86. The van der Waals surface area contributed by atoms with E-state index in [-0.39, 0.29) is 11.9 Å². The molecule has 0 unspecified atom stereocenters. The molecular formula is C20H29N3O2. The first kappa shape index (κ1) is 19.0. The van der Waals surface area contributed by atoms with Gasteiger partial charge in [0.15, 0.2) is 6.10 Å². The van der Waals surface area contributed by atoms with E-state index in [4.69, 9.17) is 4.74 Å². The third kappa shape index (κ3) is 4.62. The molecule has 5 nitrogen and oxygen atoms in total. The molecule has 1 aromatic heterocycles. The van der Waals surface area contributed by atoms with Crippen molar-refractivity contribution in [1.82, 2.24) is 15.1 Å². The third-order valence-corrected chi connectivity index (χ3v) is 4.64. The predicted molar refractivity (Wildman–Crippen MR) is 100 cm³/mol. The molecule has 136 valence electrons. The Morgan fingerprint density at radius 3 is 2.36 bits per heavy atom. The van der Waals surface area contributed by atoms with Crippen molar-refractivity contribution >= 4 is 5.91 Å². The molecule has 5 heteroatoms. The number of carbonyl (C=O) groups is 1. The standard InChI is InChI=1S/C20H29N3O2/c1-7-19(25-18-10-8-13(2)9-11-18)20(24)21-12-14(3)23-17(6)15(4)16(5)22-23/h8-11,14,19H,7,12H2,1-6H3,(H,21,24)/t14-,19+/m1/s1. The number of nitrogens with one attached hydrogen (secondary N) is 1. The minimum absolute atomic E-state index is 0.0896. The van der Waals surface area contributed by atoms with Crippen LogP contribution in [0.25, 0.3) is 0 Å². The molecule has 0 bridgehead atoms. The SMILES string of the molecule is CC[C@H](Oc1ccc(C)cc1)C(=O)NC[C@@H](C)n1nc(C)c(C)c1C. The Hall–Kier alpha value is -2.30. The molecule has 0 saturated heterocycles. The second-order valence-electron chi connectivity index (χ2n) is 6.66. The fourth-order valence-corrected chi connectivity index (χ4v) is 2.73. The molecule has 1 amide bonds. The Bertz CT molecular complexity index is 719. The van der Waals surface area contributed by atoms with Crippen LogP contribution in [-0.4, -0.2) is 28.3 Å². The lowest BCUT2D eigenvalue weighted by Gasteiger charge is -2.20. The highest BCUT2D eigenvalue weighted by Crippen LogP contribution is 2.17. The minimum atomic E-state index is -0.489. The molecule has 2 aromatic rings. The second-order valence-corrected chi connectivity index (χ2v) is 6.66. The van der Waals surface area contributed by atoms with Crippen molar-refractivity contribution in [2.24, 2.45) is 0 Å². The smallest absolute Gasteiger partial charge is 0.261 e. The first-order chi connectivity index (χ1) is 11.8. The topological polar surface area (TPSA) is 56.1 Å². The van der Waals surface area contributed by atoms with Crippen molar-refractivity contribution in [3.63, 3.8) is 0 Å². The van der Waals surface area contributed by atoms with E-state index in [1.54, 1.807) is 0 Å². The van der Waals surface area contributed by atoms with Gasteiger partial charge in [-0.3, -0.25) is 9.48 Å². The number of benzene rings is 1. The first-order valence-electron chi connectivity index (χ1n) is 8.86. The van der Waals surface area contributed by atoms with Crippen LogP contribution >= 0.6 is 0 Å². The highest BCUT2D eigenvalue weighted by molar-refractivity contribution is 5.81. The molecular weight excluding hydrogens is 314 g/mol. The van der Waals surface area contributed by atoms with Gasteiger partial charge in [0.1, 0.15) is 5.75 Å². The predicted octanol–water partition coefficient (Wildman–Crippen LogP) is 3.65. The first-order valence-corrected chi connectivity index (χ1v) is 8.86. The molecule has 0 saturated carbocycles. The number of hydrogen-bond acceptors (Lipinski definition) is 3. The van der Waals surface area contributed by atoms with Gasteiger partial charge in [0, 0.05) is 12.2 Å². The molecule has 1 heterocycles. The van der Waals surface area contributed by atoms with Crippen LogP contribution in [0.5, 0.6) is 5.75 Å².